The van der Waals surface area contributed by atoms with Gasteiger partial charge in [0.1, 0.15) is 11.6 Å². The fraction of sp³-hybridized carbons (Fsp3) is 0.607. The first-order valence-corrected chi connectivity index (χ1v) is 13.5. The van der Waals surface area contributed by atoms with Gasteiger partial charge in [0.25, 0.3) is 0 Å². The molecule has 36 heavy (non-hydrogen) atoms. The highest BCUT2D eigenvalue weighted by molar-refractivity contribution is 5.79. The van der Waals surface area contributed by atoms with E-state index in [1.165, 1.54) is 32.1 Å². The number of nitrogens with zero attached hydrogens (tertiary/aromatic N) is 6. The Labute approximate surface area is 215 Å². The molecule has 2 fully saturated rings. The maximum Gasteiger partial charge on any atom is 0.227 e. The van der Waals surface area contributed by atoms with E-state index in [4.69, 9.17) is 14.7 Å². The summed E-state index contributed by atoms with van der Waals surface area (Å²) in [6, 6.07) is 8.51. The summed E-state index contributed by atoms with van der Waals surface area (Å²) in [6.45, 7) is 5.39. The Morgan fingerprint density at radius 2 is 1.83 bits per heavy atom. The highest BCUT2D eigenvalue weighted by atomic mass is 16.5. The fourth-order valence-electron chi connectivity index (χ4n) is 5.91. The standard InChI is InChI=1S/C28H40N6O2/c1-31(2)27-24-20-34(26(35)19-21-8-7-11-23(18-21)36-3)13-12-25(24)29-28(30-27)33-16-14-32(15-17-33)22-9-5-4-6-10-22/h7-8,11,18,22H,4-6,9-10,12-17,19-20H2,1-3H3. The average molecular weight is 493 g/mol. The van der Waals surface area contributed by atoms with Crippen LogP contribution in [0.2, 0.25) is 0 Å². The van der Waals surface area contributed by atoms with E-state index in [0.717, 1.165) is 73.0 Å². The van der Waals surface area contributed by atoms with Gasteiger partial charge in [0, 0.05) is 64.8 Å². The molecule has 3 aliphatic rings. The van der Waals surface area contributed by atoms with E-state index in [2.05, 4.69) is 14.7 Å². The van der Waals surface area contributed by atoms with Crippen molar-refractivity contribution in [2.24, 2.45) is 0 Å². The molecule has 1 aromatic heterocycles. The van der Waals surface area contributed by atoms with E-state index in [-0.39, 0.29) is 5.91 Å². The van der Waals surface area contributed by atoms with Gasteiger partial charge in [0.15, 0.2) is 0 Å². The molecule has 8 heteroatoms. The van der Waals surface area contributed by atoms with E-state index < -0.39 is 0 Å². The molecule has 0 radical (unpaired) electrons. The molecule has 0 unspecified atom stereocenters. The second-order valence-corrected chi connectivity index (χ2v) is 10.6. The molecular formula is C28H40N6O2. The number of amides is 1. The third-order valence-corrected chi connectivity index (χ3v) is 7.98. The molecule has 0 atom stereocenters. The smallest absolute Gasteiger partial charge is 0.227 e. The summed E-state index contributed by atoms with van der Waals surface area (Å²) in [5, 5.41) is 0. The molecule has 1 saturated carbocycles. The van der Waals surface area contributed by atoms with Crippen molar-refractivity contribution >= 4 is 17.7 Å². The predicted molar refractivity (Wildman–Crippen MR) is 143 cm³/mol. The van der Waals surface area contributed by atoms with Crippen molar-refractivity contribution in [2.45, 2.75) is 57.5 Å². The number of carbonyl (C=O) groups is 1. The molecule has 2 aromatic rings. The van der Waals surface area contributed by atoms with Crippen LogP contribution in [0.15, 0.2) is 24.3 Å². The van der Waals surface area contributed by atoms with Crippen molar-refractivity contribution in [3.8, 4) is 5.75 Å². The zero-order valence-corrected chi connectivity index (χ0v) is 22.1. The fourth-order valence-corrected chi connectivity index (χ4v) is 5.91. The first-order valence-electron chi connectivity index (χ1n) is 13.5. The molecule has 0 N–H and O–H groups in total. The van der Waals surface area contributed by atoms with Crippen LogP contribution in [0.25, 0.3) is 0 Å². The average Bonchev–Trinajstić information content (AvgIpc) is 2.92. The van der Waals surface area contributed by atoms with Gasteiger partial charge in [0.05, 0.1) is 25.8 Å². The molecule has 1 aliphatic carbocycles. The van der Waals surface area contributed by atoms with Gasteiger partial charge < -0.3 is 19.4 Å². The summed E-state index contributed by atoms with van der Waals surface area (Å²) in [5.74, 6) is 2.68. The van der Waals surface area contributed by atoms with Crippen molar-refractivity contribution in [3.05, 3.63) is 41.1 Å². The molecule has 0 bridgehead atoms. The van der Waals surface area contributed by atoms with Gasteiger partial charge in [-0.2, -0.15) is 4.98 Å². The van der Waals surface area contributed by atoms with Crippen molar-refractivity contribution in [1.82, 2.24) is 19.8 Å². The molecule has 3 heterocycles. The second kappa shape index (κ2) is 11.0. The summed E-state index contributed by atoms with van der Waals surface area (Å²) in [6.07, 6.45) is 8.00. The quantitative estimate of drug-likeness (QED) is 0.614. The minimum atomic E-state index is 0.126. The van der Waals surface area contributed by atoms with Gasteiger partial charge in [-0.3, -0.25) is 9.69 Å². The van der Waals surface area contributed by atoms with E-state index in [1.807, 2.05) is 43.3 Å². The summed E-state index contributed by atoms with van der Waals surface area (Å²) in [7, 11) is 5.71. The molecule has 0 spiro atoms. The Bertz CT molecular complexity index is 1060. The Morgan fingerprint density at radius 1 is 1.06 bits per heavy atom. The van der Waals surface area contributed by atoms with Gasteiger partial charge in [-0.15, -0.1) is 0 Å². The summed E-state index contributed by atoms with van der Waals surface area (Å²) in [4.78, 5) is 32.3. The molecule has 1 saturated heterocycles. The lowest BCUT2D eigenvalue weighted by atomic mass is 9.94. The number of methoxy groups -OCH3 is 1. The number of aromatic nitrogens is 2. The van der Waals surface area contributed by atoms with Crippen molar-refractivity contribution in [1.29, 1.82) is 0 Å². The number of benzene rings is 1. The monoisotopic (exact) mass is 492 g/mol. The number of carbonyl (C=O) groups excluding carboxylic acids is 1. The topological polar surface area (TPSA) is 65.0 Å². The zero-order chi connectivity index (χ0) is 25.1. The van der Waals surface area contributed by atoms with Crippen LogP contribution >= 0.6 is 0 Å². The number of rotatable bonds is 6. The highest BCUT2D eigenvalue weighted by Gasteiger charge is 2.30. The molecule has 2 aliphatic heterocycles. The van der Waals surface area contributed by atoms with Gasteiger partial charge in [-0.05, 0) is 30.5 Å². The molecular weight excluding hydrogens is 452 g/mol. The number of hydrogen-bond donors (Lipinski definition) is 0. The Kier molecular flexibility index (Phi) is 7.60. The Balaban J connectivity index is 1.27. The van der Waals surface area contributed by atoms with Gasteiger partial charge >= 0.3 is 0 Å². The predicted octanol–water partition coefficient (Wildman–Crippen LogP) is 3.13. The third-order valence-electron chi connectivity index (χ3n) is 7.98. The molecule has 5 rings (SSSR count). The molecule has 1 aromatic carbocycles. The van der Waals surface area contributed by atoms with Crippen molar-refractivity contribution < 1.29 is 9.53 Å². The normalized spacial score (nSPS) is 19.2. The van der Waals surface area contributed by atoms with Crippen LogP contribution < -0.4 is 14.5 Å². The van der Waals surface area contributed by atoms with Crippen molar-refractivity contribution in [2.75, 3.05) is 63.7 Å². The molecule has 194 valence electrons. The van der Waals surface area contributed by atoms with Crippen LogP contribution in [0.1, 0.15) is 48.9 Å². The SMILES string of the molecule is COc1cccc(CC(=O)N2CCc3nc(N4CCN(C5CCCCC5)CC4)nc(N(C)C)c3C2)c1. The van der Waals surface area contributed by atoms with E-state index >= 15 is 0 Å². The number of hydrogen-bond acceptors (Lipinski definition) is 7. The number of anilines is 2. The number of piperazine rings is 1. The zero-order valence-electron chi connectivity index (χ0n) is 22.1. The summed E-state index contributed by atoms with van der Waals surface area (Å²) < 4.78 is 5.31. The first-order chi connectivity index (χ1) is 17.5. The largest absolute Gasteiger partial charge is 0.497 e. The van der Waals surface area contributed by atoms with Gasteiger partial charge in [-0.25, -0.2) is 4.98 Å². The Hall–Kier alpha value is -2.87. The maximum atomic E-state index is 13.2. The van der Waals surface area contributed by atoms with Gasteiger partial charge in [-0.1, -0.05) is 31.4 Å². The van der Waals surface area contributed by atoms with Crippen LogP contribution in [0.4, 0.5) is 11.8 Å². The lowest BCUT2D eigenvalue weighted by molar-refractivity contribution is -0.131. The summed E-state index contributed by atoms with van der Waals surface area (Å²) in [5.41, 5.74) is 3.13. The number of ether oxygens (including phenoxy) is 1. The van der Waals surface area contributed by atoms with Crippen LogP contribution in [0.5, 0.6) is 5.75 Å². The maximum absolute atomic E-state index is 13.2. The van der Waals surface area contributed by atoms with Crippen molar-refractivity contribution in [3.63, 3.8) is 0 Å². The lowest BCUT2D eigenvalue weighted by Gasteiger charge is -2.41. The van der Waals surface area contributed by atoms with E-state index in [0.29, 0.717) is 19.5 Å². The van der Waals surface area contributed by atoms with E-state index in [9.17, 15) is 4.79 Å². The Morgan fingerprint density at radius 3 is 2.56 bits per heavy atom. The minimum absolute atomic E-state index is 0.126. The minimum Gasteiger partial charge on any atom is -0.497 e. The molecule has 8 nitrogen and oxygen atoms in total. The second-order valence-electron chi connectivity index (χ2n) is 10.6. The van der Waals surface area contributed by atoms with Gasteiger partial charge in [0.2, 0.25) is 11.9 Å². The third kappa shape index (κ3) is 5.43. The summed E-state index contributed by atoms with van der Waals surface area (Å²) >= 11 is 0. The van der Waals surface area contributed by atoms with Crippen LogP contribution in [-0.2, 0) is 24.2 Å². The van der Waals surface area contributed by atoms with E-state index in [1.54, 1.807) is 7.11 Å². The first kappa shape index (κ1) is 24.8. The highest BCUT2D eigenvalue weighted by Crippen LogP contribution is 2.30. The van der Waals surface area contributed by atoms with Crippen LogP contribution in [0.3, 0.4) is 0 Å². The molecule has 1 amide bonds. The number of fused-ring (bicyclic) bond motifs is 1. The lowest BCUT2D eigenvalue weighted by Crippen LogP contribution is -2.51. The van der Waals surface area contributed by atoms with Crippen LogP contribution in [-0.4, -0.2) is 85.6 Å². The van der Waals surface area contributed by atoms with Crippen LogP contribution in [0, 0.1) is 0 Å².